The molecular formula is C21H22Cl2N4O3S. The topological polar surface area (TPSA) is 83.5 Å². The predicted octanol–water partition coefficient (Wildman–Crippen LogP) is 3.54. The van der Waals surface area contributed by atoms with Gasteiger partial charge in [-0.15, -0.1) is 6.58 Å². The predicted molar refractivity (Wildman–Crippen MR) is 118 cm³/mol. The van der Waals surface area contributed by atoms with E-state index >= 15 is 0 Å². The van der Waals surface area contributed by atoms with Crippen LogP contribution in [-0.2, 0) is 21.4 Å². The first kappa shape index (κ1) is 22.2. The summed E-state index contributed by atoms with van der Waals surface area (Å²) in [4.78, 5) is 23.3. The van der Waals surface area contributed by atoms with E-state index in [0.29, 0.717) is 25.1 Å². The lowest BCUT2D eigenvalue weighted by Gasteiger charge is -2.40. The van der Waals surface area contributed by atoms with E-state index in [2.05, 4.69) is 16.5 Å². The molecule has 2 saturated heterocycles. The summed E-state index contributed by atoms with van der Waals surface area (Å²) in [6, 6.07) is 4.79. The van der Waals surface area contributed by atoms with Crippen LogP contribution in [0.25, 0.3) is 0 Å². The van der Waals surface area contributed by atoms with Crippen LogP contribution in [0.3, 0.4) is 0 Å². The Morgan fingerprint density at radius 3 is 2.58 bits per heavy atom. The maximum Gasteiger partial charge on any atom is 0.244 e. The zero-order valence-electron chi connectivity index (χ0n) is 16.7. The van der Waals surface area contributed by atoms with Gasteiger partial charge in [-0.2, -0.15) is 4.31 Å². The van der Waals surface area contributed by atoms with Gasteiger partial charge in [-0.05, 0) is 43.5 Å². The molecule has 31 heavy (non-hydrogen) atoms. The molecule has 2 fully saturated rings. The van der Waals surface area contributed by atoms with Crippen molar-refractivity contribution in [1.82, 2.24) is 19.2 Å². The smallest absolute Gasteiger partial charge is 0.244 e. The van der Waals surface area contributed by atoms with Crippen molar-refractivity contribution >= 4 is 39.1 Å². The number of piperidine rings is 1. The summed E-state index contributed by atoms with van der Waals surface area (Å²) in [5, 5.41) is 0.450. The summed E-state index contributed by atoms with van der Waals surface area (Å²) < 4.78 is 28.8. The van der Waals surface area contributed by atoms with Gasteiger partial charge in [0.15, 0.2) is 0 Å². The fourth-order valence-electron chi connectivity index (χ4n) is 4.44. The normalized spacial score (nSPS) is 24.6. The Labute approximate surface area is 191 Å². The third kappa shape index (κ3) is 4.35. The maximum absolute atomic E-state index is 13.7. The van der Waals surface area contributed by atoms with Gasteiger partial charge < -0.3 is 4.90 Å². The van der Waals surface area contributed by atoms with E-state index < -0.39 is 16.1 Å². The second kappa shape index (κ2) is 8.86. The number of hydrogen-bond donors (Lipinski definition) is 0. The molecule has 0 spiro atoms. The van der Waals surface area contributed by atoms with E-state index in [-0.39, 0.29) is 39.4 Å². The van der Waals surface area contributed by atoms with Crippen LogP contribution in [0.4, 0.5) is 0 Å². The molecule has 164 valence electrons. The second-order valence-corrected chi connectivity index (χ2v) is 10.5. The van der Waals surface area contributed by atoms with Crippen molar-refractivity contribution in [2.45, 2.75) is 42.8 Å². The van der Waals surface area contributed by atoms with E-state index in [1.54, 1.807) is 23.2 Å². The van der Waals surface area contributed by atoms with E-state index in [4.69, 9.17) is 23.2 Å². The number of fused-ring (bicyclic) bond motifs is 2. The standard InChI is InChI=1S/C21H22Cl2N4O3S/c1-2-14-11-26(12-17-6-7-24-13-25-17)21(28)20-5-3-4-19(14)27(20)31(29,30)18-9-15(22)8-16(23)10-18/h2,6-10,13-14,19-20H,1,3-5,11-12H2/t14-,19-,20?/m0/s1. The first-order chi connectivity index (χ1) is 14.8. The van der Waals surface area contributed by atoms with E-state index in [9.17, 15) is 13.2 Å². The van der Waals surface area contributed by atoms with E-state index in [1.807, 2.05) is 0 Å². The third-order valence-corrected chi connectivity index (χ3v) is 8.19. The Hall–Kier alpha value is -2.00. The van der Waals surface area contributed by atoms with Gasteiger partial charge in [0, 0.05) is 34.7 Å². The Balaban J connectivity index is 1.76. The van der Waals surface area contributed by atoms with Crippen molar-refractivity contribution in [3.63, 3.8) is 0 Å². The van der Waals surface area contributed by atoms with Crippen LogP contribution in [-0.4, -0.2) is 52.1 Å². The molecule has 3 heterocycles. The van der Waals surface area contributed by atoms with Crippen LogP contribution in [0.5, 0.6) is 0 Å². The Morgan fingerprint density at radius 2 is 1.94 bits per heavy atom. The zero-order valence-corrected chi connectivity index (χ0v) is 19.0. The lowest BCUT2D eigenvalue weighted by molar-refractivity contribution is -0.135. The van der Waals surface area contributed by atoms with Gasteiger partial charge in [-0.1, -0.05) is 29.3 Å². The Morgan fingerprint density at radius 1 is 1.19 bits per heavy atom. The fraction of sp³-hybridized carbons (Fsp3) is 0.381. The quantitative estimate of drug-likeness (QED) is 0.611. The lowest BCUT2D eigenvalue weighted by atomic mass is 9.90. The van der Waals surface area contributed by atoms with Gasteiger partial charge in [-0.3, -0.25) is 4.79 Å². The first-order valence-corrected chi connectivity index (χ1v) is 12.2. The SMILES string of the molecule is C=C[C@H]1CN(Cc2ccncn2)C(=O)C2CCC[C@@H]1N2S(=O)(=O)c1cc(Cl)cc(Cl)c1. The summed E-state index contributed by atoms with van der Waals surface area (Å²) in [7, 11) is -4.02. The molecule has 0 N–H and O–H groups in total. The summed E-state index contributed by atoms with van der Waals surface area (Å²) in [5.41, 5.74) is 0.693. The fourth-order valence-corrected chi connectivity index (χ4v) is 7.04. The van der Waals surface area contributed by atoms with Gasteiger partial charge in [0.1, 0.15) is 12.4 Å². The largest absolute Gasteiger partial charge is 0.335 e. The Bertz CT molecular complexity index is 1080. The number of sulfonamides is 1. The van der Waals surface area contributed by atoms with Gasteiger partial charge in [0.05, 0.1) is 17.1 Å². The first-order valence-electron chi connectivity index (χ1n) is 9.97. The van der Waals surface area contributed by atoms with Crippen LogP contribution in [0, 0.1) is 5.92 Å². The maximum atomic E-state index is 13.7. The molecule has 2 aliphatic heterocycles. The Kier molecular flexibility index (Phi) is 6.35. The van der Waals surface area contributed by atoms with Crippen molar-refractivity contribution in [3.05, 3.63) is 65.2 Å². The molecule has 3 atom stereocenters. The van der Waals surface area contributed by atoms with Crippen LogP contribution < -0.4 is 0 Å². The van der Waals surface area contributed by atoms with Crippen molar-refractivity contribution in [2.75, 3.05) is 6.54 Å². The average Bonchev–Trinajstić information content (AvgIpc) is 2.81. The molecule has 2 aromatic rings. The molecule has 0 aliphatic carbocycles. The van der Waals surface area contributed by atoms with Crippen LogP contribution in [0.2, 0.25) is 10.0 Å². The number of carbonyl (C=O) groups excluding carboxylic acids is 1. The summed E-state index contributed by atoms with van der Waals surface area (Å²) in [6.45, 7) is 4.58. The lowest BCUT2D eigenvalue weighted by Crippen LogP contribution is -2.54. The molecular weight excluding hydrogens is 459 g/mol. The highest BCUT2D eigenvalue weighted by Crippen LogP contribution is 2.38. The average molecular weight is 481 g/mol. The summed E-state index contributed by atoms with van der Waals surface area (Å²) in [6.07, 6.45) is 6.65. The summed E-state index contributed by atoms with van der Waals surface area (Å²) >= 11 is 12.2. The number of hydrogen-bond acceptors (Lipinski definition) is 5. The number of benzene rings is 1. The number of rotatable bonds is 5. The number of carbonyl (C=O) groups is 1. The highest BCUT2D eigenvalue weighted by Gasteiger charge is 2.49. The zero-order chi connectivity index (χ0) is 22.2. The summed E-state index contributed by atoms with van der Waals surface area (Å²) in [5.74, 6) is -0.454. The number of aromatic nitrogens is 2. The van der Waals surface area contributed by atoms with Crippen LogP contribution in [0.15, 0.2) is 54.3 Å². The molecule has 2 aliphatic rings. The highest BCUT2D eigenvalue weighted by molar-refractivity contribution is 7.89. The van der Waals surface area contributed by atoms with Gasteiger partial charge in [0.2, 0.25) is 15.9 Å². The second-order valence-electron chi connectivity index (χ2n) is 7.77. The van der Waals surface area contributed by atoms with Crippen molar-refractivity contribution in [1.29, 1.82) is 0 Å². The van der Waals surface area contributed by atoms with Crippen LogP contribution >= 0.6 is 23.2 Å². The molecule has 1 unspecified atom stereocenters. The van der Waals surface area contributed by atoms with Crippen LogP contribution in [0.1, 0.15) is 25.0 Å². The van der Waals surface area contributed by atoms with Crippen molar-refractivity contribution in [2.24, 2.45) is 5.92 Å². The van der Waals surface area contributed by atoms with E-state index in [0.717, 1.165) is 6.42 Å². The minimum Gasteiger partial charge on any atom is -0.335 e. The highest BCUT2D eigenvalue weighted by atomic mass is 35.5. The minimum atomic E-state index is -4.02. The molecule has 0 radical (unpaired) electrons. The minimum absolute atomic E-state index is 0.0123. The molecule has 2 bridgehead atoms. The molecule has 1 aromatic carbocycles. The molecule has 0 saturated carbocycles. The number of amides is 1. The molecule has 1 aromatic heterocycles. The van der Waals surface area contributed by atoms with Gasteiger partial charge in [0.25, 0.3) is 0 Å². The molecule has 4 rings (SSSR count). The van der Waals surface area contributed by atoms with Crippen molar-refractivity contribution in [3.8, 4) is 0 Å². The van der Waals surface area contributed by atoms with Gasteiger partial charge >= 0.3 is 0 Å². The third-order valence-electron chi connectivity index (χ3n) is 5.84. The molecule has 1 amide bonds. The number of nitrogens with zero attached hydrogens (tertiary/aromatic N) is 4. The van der Waals surface area contributed by atoms with Crippen molar-refractivity contribution < 1.29 is 13.2 Å². The number of halogens is 2. The van der Waals surface area contributed by atoms with Gasteiger partial charge in [-0.25, -0.2) is 18.4 Å². The molecule has 10 heteroatoms. The monoisotopic (exact) mass is 480 g/mol. The molecule has 7 nitrogen and oxygen atoms in total. The van der Waals surface area contributed by atoms with E-state index in [1.165, 1.54) is 28.8 Å².